The molecule has 0 atom stereocenters. The van der Waals surface area contributed by atoms with Crippen molar-refractivity contribution in [3.05, 3.63) is 93.0 Å². The summed E-state index contributed by atoms with van der Waals surface area (Å²) in [6, 6.07) is 15.9. The second-order valence-corrected chi connectivity index (χ2v) is 8.40. The molecular formula is C26H21ClFN3O4. The summed E-state index contributed by atoms with van der Waals surface area (Å²) in [7, 11) is 1.63. The van der Waals surface area contributed by atoms with Crippen molar-refractivity contribution in [3.8, 4) is 34.5 Å². The second-order valence-electron chi connectivity index (χ2n) is 7.99. The Morgan fingerprint density at radius 2 is 1.97 bits per heavy atom. The number of hydrogen-bond acceptors (Lipinski definition) is 6. The van der Waals surface area contributed by atoms with E-state index in [1.165, 1.54) is 0 Å². The minimum absolute atomic E-state index is 0.107. The van der Waals surface area contributed by atoms with Gasteiger partial charge in [-0.2, -0.15) is 4.98 Å². The molecule has 0 N–H and O–H groups in total. The first-order valence-electron chi connectivity index (χ1n) is 10.9. The lowest BCUT2D eigenvalue weighted by molar-refractivity contribution is 0.290. The van der Waals surface area contributed by atoms with Crippen LogP contribution in [0.1, 0.15) is 16.7 Å². The van der Waals surface area contributed by atoms with E-state index in [0.717, 1.165) is 29.0 Å². The molecule has 7 nitrogen and oxygen atoms in total. The van der Waals surface area contributed by atoms with Crippen LogP contribution in [0, 0.1) is 0 Å². The molecule has 178 valence electrons. The van der Waals surface area contributed by atoms with Crippen LogP contribution in [-0.2, 0) is 26.2 Å². The van der Waals surface area contributed by atoms with Crippen LogP contribution in [-0.4, -0.2) is 21.6 Å². The van der Waals surface area contributed by atoms with E-state index in [0.29, 0.717) is 23.4 Å². The van der Waals surface area contributed by atoms with Crippen molar-refractivity contribution in [2.75, 3.05) is 7.11 Å². The fourth-order valence-electron chi connectivity index (χ4n) is 3.96. The first kappa shape index (κ1) is 22.9. The summed E-state index contributed by atoms with van der Waals surface area (Å²) in [5, 5.41) is 0.276. The van der Waals surface area contributed by atoms with Gasteiger partial charge in [0.05, 0.1) is 12.8 Å². The topological polar surface area (TPSA) is 75.5 Å². The summed E-state index contributed by atoms with van der Waals surface area (Å²) < 4.78 is 31.3. The van der Waals surface area contributed by atoms with E-state index < -0.39 is 6.67 Å². The zero-order valence-corrected chi connectivity index (χ0v) is 19.6. The molecule has 0 saturated carbocycles. The molecule has 2 aromatic carbocycles. The lowest BCUT2D eigenvalue weighted by Crippen LogP contribution is -2.28. The molecule has 0 bridgehead atoms. The fraction of sp³-hybridized carbons (Fsp3) is 0.192. The predicted octanol–water partition coefficient (Wildman–Crippen LogP) is 5.36. The minimum atomic E-state index is -0.589. The number of methoxy groups -OCH3 is 1. The van der Waals surface area contributed by atoms with Crippen LogP contribution in [0.15, 0.2) is 65.6 Å². The van der Waals surface area contributed by atoms with Crippen molar-refractivity contribution in [2.45, 2.75) is 26.2 Å². The van der Waals surface area contributed by atoms with Gasteiger partial charge >= 0.3 is 5.69 Å². The number of nitrogens with zero attached hydrogens (tertiary/aromatic N) is 3. The molecule has 0 amide bonds. The number of pyridine rings is 1. The van der Waals surface area contributed by atoms with Gasteiger partial charge in [-0.05, 0) is 53.9 Å². The number of ether oxygens (including phenoxy) is 3. The normalized spacial score (nSPS) is 12.0. The van der Waals surface area contributed by atoms with Gasteiger partial charge in [0, 0.05) is 29.9 Å². The molecule has 35 heavy (non-hydrogen) atoms. The average molecular weight is 494 g/mol. The Kier molecular flexibility index (Phi) is 6.37. The Morgan fingerprint density at radius 3 is 2.77 bits per heavy atom. The van der Waals surface area contributed by atoms with Crippen molar-refractivity contribution in [1.29, 1.82) is 0 Å². The monoisotopic (exact) mass is 493 g/mol. The van der Waals surface area contributed by atoms with Gasteiger partial charge in [0.25, 0.3) is 0 Å². The highest BCUT2D eigenvalue weighted by atomic mass is 35.5. The largest absolute Gasteiger partial charge is 0.497 e. The Morgan fingerprint density at radius 1 is 1.09 bits per heavy atom. The van der Waals surface area contributed by atoms with Gasteiger partial charge in [0.1, 0.15) is 29.8 Å². The fourth-order valence-corrected chi connectivity index (χ4v) is 4.19. The van der Waals surface area contributed by atoms with Crippen LogP contribution in [0.25, 0.3) is 11.3 Å². The Balaban J connectivity index is 1.33. The van der Waals surface area contributed by atoms with E-state index in [1.54, 1.807) is 54.3 Å². The summed E-state index contributed by atoms with van der Waals surface area (Å²) in [6.45, 7) is 0.0568. The Labute approximate surface area is 205 Å². The smallest absolute Gasteiger partial charge is 0.351 e. The average Bonchev–Trinajstić information content (AvgIpc) is 2.88. The highest BCUT2D eigenvalue weighted by molar-refractivity contribution is 6.31. The van der Waals surface area contributed by atoms with E-state index in [4.69, 9.17) is 25.8 Å². The molecule has 0 spiro atoms. The molecule has 0 fully saturated rings. The zero-order chi connectivity index (χ0) is 24.4. The molecule has 0 saturated heterocycles. The summed E-state index contributed by atoms with van der Waals surface area (Å²) in [5.41, 5.74) is 3.60. The van der Waals surface area contributed by atoms with E-state index in [2.05, 4.69) is 9.97 Å². The van der Waals surface area contributed by atoms with Crippen LogP contribution in [0.5, 0.6) is 23.3 Å². The first-order chi connectivity index (χ1) is 17.0. The molecule has 0 unspecified atom stereocenters. The van der Waals surface area contributed by atoms with Gasteiger partial charge in [-0.1, -0.05) is 23.7 Å². The molecular weight excluding hydrogens is 473 g/mol. The Hall–Kier alpha value is -3.91. The third kappa shape index (κ3) is 4.83. The van der Waals surface area contributed by atoms with Gasteiger partial charge < -0.3 is 14.2 Å². The van der Waals surface area contributed by atoms with Crippen LogP contribution in [0.2, 0.25) is 5.02 Å². The van der Waals surface area contributed by atoms with Gasteiger partial charge in [-0.25, -0.2) is 14.2 Å². The maximum atomic E-state index is 12.9. The number of benzene rings is 2. The third-order valence-corrected chi connectivity index (χ3v) is 5.97. The van der Waals surface area contributed by atoms with Crippen LogP contribution in [0.3, 0.4) is 0 Å². The lowest BCUT2D eigenvalue weighted by atomic mass is 9.97. The number of fused-ring (bicyclic) bond motifs is 3. The Bertz CT molecular complexity index is 1460. The maximum Gasteiger partial charge on any atom is 0.351 e. The second kappa shape index (κ2) is 9.76. The lowest BCUT2D eigenvalue weighted by Gasteiger charge is -2.22. The highest BCUT2D eigenvalue weighted by Gasteiger charge is 2.20. The van der Waals surface area contributed by atoms with E-state index in [9.17, 15) is 9.18 Å². The standard InChI is InChI=1S/C26H21ClFN3O4/c1-33-19-5-6-21-18(11-19)7-8-31-23(21)12-24(30-26(31)32)34-15-17-10-22(27)25(29-14-17)35-20-4-2-3-16(9-20)13-28/h2-6,9-12,14H,7-8,13,15H2,1H3. The van der Waals surface area contributed by atoms with E-state index >= 15 is 0 Å². The van der Waals surface area contributed by atoms with Crippen molar-refractivity contribution >= 4 is 11.6 Å². The third-order valence-electron chi connectivity index (χ3n) is 5.70. The van der Waals surface area contributed by atoms with E-state index in [1.807, 2.05) is 18.2 Å². The van der Waals surface area contributed by atoms with Crippen molar-refractivity contribution in [3.63, 3.8) is 0 Å². The molecule has 1 aliphatic heterocycles. The quantitative estimate of drug-likeness (QED) is 0.345. The number of hydrogen-bond donors (Lipinski definition) is 0. The molecule has 2 aromatic heterocycles. The van der Waals surface area contributed by atoms with Crippen LogP contribution in [0.4, 0.5) is 4.39 Å². The van der Waals surface area contributed by atoms with E-state index in [-0.39, 0.29) is 29.1 Å². The molecule has 0 radical (unpaired) electrons. The van der Waals surface area contributed by atoms with Crippen molar-refractivity contribution in [1.82, 2.24) is 14.5 Å². The molecule has 4 aromatic rings. The number of halogens is 2. The van der Waals surface area contributed by atoms with Crippen molar-refractivity contribution < 1.29 is 18.6 Å². The highest BCUT2D eigenvalue weighted by Crippen LogP contribution is 2.33. The summed E-state index contributed by atoms with van der Waals surface area (Å²) in [6.07, 6.45) is 2.28. The molecule has 1 aliphatic rings. The molecule has 9 heteroatoms. The summed E-state index contributed by atoms with van der Waals surface area (Å²) >= 11 is 6.34. The van der Waals surface area contributed by atoms with Crippen LogP contribution >= 0.6 is 11.6 Å². The maximum absolute atomic E-state index is 12.9. The minimum Gasteiger partial charge on any atom is -0.497 e. The first-order valence-corrected chi connectivity index (χ1v) is 11.3. The molecule has 5 rings (SSSR count). The number of alkyl halides is 1. The van der Waals surface area contributed by atoms with Gasteiger partial charge in [-0.3, -0.25) is 4.57 Å². The summed E-state index contributed by atoms with van der Waals surface area (Å²) in [5.74, 6) is 1.63. The van der Waals surface area contributed by atoms with Crippen molar-refractivity contribution in [2.24, 2.45) is 0 Å². The van der Waals surface area contributed by atoms with Crippen LogP contribution < -0.4 is 19.9 Å². The number of rotatable bonds is 7. The number of aromatic nitrogens is 3. The van der Waals surface area contributed by atoms with Gasteiger partial charge in [0.2, 0.25) is 11.8 Å². The SMILES string of the molecule is COc1ccc2c(c1)CCn1c-2cc(OCc2cnc(Oc3cccc(CF)c3)c(Cl)c2)nc1=O. The van der Waals surface area contributed by atoms with Gasteiger partial charge in [-0.15, -0.1) is 0 Å². The molecule has 0 aliphatic carbocycles. The predicted molar refractivity (Wildman–Crippen MR) is 129 cm³/mol. The molecule has 3 heterocycles. The zero-order valence-electron chi connectivity index (χ0n) is 18.8. The summed E-state index contributed by atoms with van der Waals surface area (Å²) in [4.78, 5) is 20.9. The number of aryl methyl sites for hydroxylation is 1. The van der Waals surface area contributed by atoms with Gasteiger partial charge in [0.15, 0.2) is 0 Å².